The first-order valence-electron chi connectivity index (χ1n) is 6.34. The summed E-state index contributed by atoms with van der Waals surface area (Å²) in [6.07, 6.45) is 1.36. The molecule has 0 radical (unpaired) electrons. The smallest absolute Gasteiger partial charge is 0.357 e. The van der Waals surface area contributed by atoms with Gasteiger partial charge in [-0.15, -0.1) is 0 Å². The predicted octanol–water partition coefficient (Wildman–Crippen LogP) is 2.49. The molecule has 23 heavy (non-hydrogen) atoms. The van der Waals surface area contributed by atoms with E-state index in [4.69, 9.17) is 15.7 Å². The van der Waals surface area contributed by atoms with Crippen LogP contribution in [0.5, 0.6) is 0 Å². The minimum Gasteiger partial charge on any atom is -0.478 e. The molecule has 0 fully saturated rings. The zero-order valence-corrected chi connectivity index (χ0v) is 13.8. The Morgan fingerprint density at radius 1 is 1.43 bits per heavy atom. The quantitative estimate of drug-likeness (QED) is 0.793. The minimum atomic E-state index is -1.10. The molecular weight excluding hydrogens is 366 g/mol. The van der Waals surface area contributed by atoms with Crippen molar-refractivity contribution in [2.24, 2.45) is 0 Å². The number of rotatable bonds is 3. The fourth-order valence-electron chi connectivity index (χ4n) is 2.18. The highest BCUT2D eigenvalue weighted by molar-refractivity contribution is 9.10. The second-order valence-electron chi connectivity index (χ2n) is 4.70. The lowest BCUT2D eigenvalue weighted by atomic mass is 10.1. The number of carbonyl (C=O) groups is 2. The number of carbonyl (C=O) groups excluding carboxylic acids is 1. The Balaban J connectivity index is 2.82. The first-order chi connectivity index (χ1) is 10.8. The highest BCUT2D eigenvalue weighted by Gasteiger charge is 2.23. The third-order valence-corrected chi connectivity index (χ3v) is 3.96. The number of benzene rings is 1. The van der Waals surface area contributed by atoms with Crippen molar-refractivity contribution in [1.29, 1.82) is 5.26 Å². The van der Waals surface area contributed by atoms with Gasteiger partial charge in [0.1, 0.15) is 6.07 Å². The number of hydrogen-bond acceptors (Lipinski definition) is 5. The summed E-state index contributed by atoms with van der Waals surface area (Å²) in [7, 11) is 1.19. The van der Waals surface area contributed by atoms with Crippen LogP contribution < -0.4 is 5.73 Å². The molecule has 0 aliphatic heterocycles. The molecular formula is C15H12BrN3O4. The molecule has 2 rings (SSSR count). The molecule has 0 unspecified atom stereocenters. The third-order valence-electron chi connectivity index (χ3n) is 3.33. The summed E-state index contributed by atoms with van der Waals surface area (Å²) in [5.41, 5.74) is 6.85. The van der Waals surface area contributed by atoms with E-state index in [-0.39, 0.29) is 22.5 Å². The molecule has 0 spiro atoms. The number of aromatic nitrogens is 1. The molecule has 118 valence electrons. The summed E-state index contributed by atoms with van der Waals surface area (Å²) in [5, 5.41) is 18.4. The van der Waals surface area contributed by atoms with Gasteiger partial charge in [-0.2, -0.15) is 5.26 Å². The molecule has 1 heterocycles. The summed E-state index contributed by atoms with van der Waals surface area (Å²) in [6, 6.07) is 4.90. The summed E-state index contributed by atoms with van der Waals surface area (Å²) in [5.74, 6) is -1.83. The fourth-order valence-corrected chi connectivity index (χ4v) is 2.83. The van der Waals surface area contributed by atoms with E-state index in [0.29, 0.717) is 15.7 Å². The highest BCUT2D eigenvalue weighted by Crippen LogP contribution is 2.31. The van der Waals surface area contributed by atoms with Crippen LogP contribution in [0.1, 0.15) is 32.0 Å². The van der Waals surface area contributed by atoms with Crippen molar-refractivity contribution in [3.05, 3.63) is 45.2 Å². The van der Waals surface area contributed by atoms with Gasteiger partial charge in [-0.25, -0.2) is 9.59 Å². The van der Waals surface area contributed by atoms with E-state index in [1.54, 1.807) is 13.0 Å². The average Bonchev–Trinajstić information content (AvgIpc) is 2.82. The standard InChI is InChI=1S/C15H12BrN3O4/c1-7-3-10(16)11(4-9(7)14(20)21)19-6-8(5-17)12(18)13(19)15(22)23-2/h3-4,6H,18H2,1-2H3,(H,20,21). The maximum absolute atomic E-state index is 12.0. The van der Waals surface area contributed by atoms with Crippen molar-refractivity contribution in [3.63, 3.8) is 0 Å². The molecule has 1 aromatic heterocycles. The second kappa shape index (κ2) is 6.14. The first-order valence-corrected chi connectivity index (χ1v) is 7.14. The molecule has 0 saturated heterocycles. The number of nitriles is 1. The maximum atomic E-state index is 12.0. The molecule has 2 aromatic rings. The molecule has 0 atom stereocenters. The van der Waals surface area contributed by atoms with Crippen molar-refractivity contribution in [2.75, 3.05) is 12.8 Å². The molecule has 1 aromatic carbocycles. The van der Waals surface area contributed by atoms with E-state index < -0.39 is 11.9 Å². The lowest BCUT2D eigenvalue weighted by molar-refractivity contribution is 0.0592. The Morgan fingerprint density at radius 3 is 2.61 bits per heavy atom. The van der Waals surface area contributed by atoms with Gasteiger partial charge in [0.05, 0.1) is 29.6 Å². The van der Waals surface area contributed by atoms with Crippen LogP contribution in [0.2, 0.25) is 0 Å². The number of halogens is 1. The molecule has 0 aliphatic rings. The van der Waals surface area contributed by atoms with Gasteiger partial charge in [0.25, 0.3) is 0 Å². The van der Waals surface area contributed by atoms with Crippen molar-refractivity contribution in [3.8, 4) is 11.8 Å². The normalized spacial score (nSPS) is 10.2. The topological polar surface area (TPSA) is 118 Å². The van der Waals surface area contributed by atoms with Crippen molar-refractivity contribution < 1.29 is 19.4 Å². The fraction of sp³-hybridized carbons (Fsp3) is 0.133. The number of aromatic carboxylic acids is 1. The summed E-state index contributed by atoms with van der Waals surface area (Å²) in [6.45, 7) is 1.66. The summed E-state index contributed by atoms with van der Waals surface area (Å²) in [4.78, 5) is 23.3. The van der Waals surface area contributed by atoms with E-state index in [0.717, 1.165) is 0 Å². The van der Waals surface area contributed by atoms with Gasteiger partial charge in [0, 0.05) is 10.7 Å². The number of anilines is 1. The Kier molecular flexibility index (Phi) is 4.43. The molecule has 8 heteroatoms. The number of esters is 1. The number of nitrogens with zero attached hydrogens (tertiary/aromatic N) is 2. The van der Waals surface area contributed by atoms with Gasteiger partial charge < -0.3 is 20.1 Å². The molecule has 0 amide bonds. The number of aryl methyl sites for hydroxylation is 1. The van der Waals surface area contributed by atoms with E-state index >= 15 is 0 Å². The van der Waals surface area contributed by atoms with Crippen LogP contribution in [0.15, 0.2) is 22.8 Å². The zero-order valence-electron chi connectivity index (χ0n) is 12.3. The van der Waals surface area contributed by atoms with Gasteiger partial charge in [0.2, 0.25) is 0 Å². The summed E-state index contributed by atoms with van der Waals surface area (Å²) < 4.78 is 6.59. The van der Waals surface area contributed by atoms with Gasteiger partial charge >= 0.3 is 11.9 Å². The Morgan fingerprint density at radius 2 is 2.09 bits per heavy atom. The van der Waals surface area contributed by atoms with Crippen LogP contribution in [0, 0.1) is 18.3 Å². The third kappa shape index (κ3) is 2.78. The largest absolute Gasteiger partial charge is 0.478 e. The Hall–Kier alpha value is -2.79. The van der Waals surface area contributed by atoms with Gasteiger partial charge in [-0.1, -0.05) is 0 Å². The number of carboxylic acid groups (broad SMARTS) is 1. The van der Waals surface area contributed by atoms with Crippen LogP contribution in [-0.2, 0) is 4.74 Å². The Bertz CT molecular complexity index is 865. The molecule has 3 N–H and O–H groups in total. The Labute approximate surface area is 140 Å². The summed E-state index contributed by atoms with van der Waals surface area (Å²) >= 11 is 3.34. The van der Waals surface area contributed by atoms with Crippen LogP contribution in [0.3, 0.4) is 0 Å². The van der Waals surface area contributed by atoms with Crippen LogP contribution in [0.25, 0.3) is 5.69 Å². The zero-order chi connectivity index (χ0) is 17.3. The lowest BCUT2D eigenvalue weighted by Crippen LogP contribution is -2.12. The van der Waals surface area contributed by atoms with E-state index in [9.17, 15) is 14.7 Å². The van der Waals surface area contributed by atoms with Crippen LogP contribution in [0.4, 0.5) is 5.69 Å². The first kappa shape index (κ1) is 16.6. The van der Waals surface area contributed by atoms with Gasteiger partial charge in [-0.3, -0.25) is 0 Å². The molecule has 7 nitrogen and oxygen atoms in total. The van der Waals surface area contributed by atoms with E-state index in [1.165, 1.54) is 23.9 Å². The lowest BCUT2D eigenvalue weighted by Gasteiger charge is -2.13. The monoisotopic (exact) mass is 377 g/mol. The number of nitrogens with two attached hydrogens (primary N) is 1. The van der Waals surface area contributed by atoms with Crippen molar-refractivity contribution in [1.82, 2.24) is 4.57 Å². The van der Waals surface area contributed by atoms with Gasteiger partial charge in [-0.05, 0) is 40.5 Å². The number of carboxylic acids is 1. The van der Waals surface area contributed by atoms with Crippen molar-refractivity contribution in [2.45, 2.75) is 6.92 Å². The van der Waals surface area contributed by atoms with E-state index in [2.05, 4.69) is 15.9 Å². The van der Waals surface area contributed by atoms with E-state index in [1.807, 2.05) is 6.07 Å². The number of ether oxygens (including phenoxy) is 1. The van der Waals surface area contributed by atoms with Gasteiger partial charge in [0.15, 0.2) is 5.69 Å². The number of hydrogen-bond donors (Lipinski definition) is 2. The number of methoxy groups -OCH3 is 1. The SMILES string of the molecule is COC(=O)c1c(N)c(C#N)cn1-c1cc(C(=O)O)c(C)cc1Br. The molecule has 0 saturated carbocycles. The molecule has 0 aliphatic carbocycles. The maximum Gasteiger partial charge on any atom is 0.357 e. The van der Waals surface area contributed by atoms with Crippen LogP contribution in [-0.4, -0.2) is 28.7 Å². The van der Waals surface area contributed by atoms with Crippen LogP contribution >= 0.6 is 15.9 Å². The molecule has 0 bridgehead atoms. The predicted molar refractivity (Wildman–Crippen MR) is 85.6 cm³/mol. The minimum absolute atomic E-state index is 0.0244. The number of nitrogen functional groups attached to an aromatic ring is 1. The van der Waals surface area contributed by atoms with Crippen molar-refractivity contribution >= 4 is 33.6 Å². The highest BCUT2D eigenvalue weighted by atomic mass is 79.9. The average molecular weight is 378 g/mol. The second-order valence-corrected chi connectivity index (χ2v) is 5.56.